The number of anilines is 1. The Morgan fingerprint density at radius 2 is 2.30 bits per heavy atom. The first-order chi connectivity index (χ1) is 9.74. The van der Waals surface area contributed by atoms with Crippen molar-refractivity contribution < 1.29 is 9.53 Å². The Hall–Kier alpha value is -2.32. The summed E-state index contributed by atoms with van der Waals surface area (Å²) in [6.07, 6.45) is 0.831. The average molecular weight is 286 g/mol. The number of nitrogens with zero attached hydrogens (tertiary/aromatic N) is 1. The summed E-state index contributed by atoms with van der Waals surface area (Å²) in [6.45, 7) is 2.01. The Bertz CT molecular complexity index is 643. The van der Waals surface area contributed by atoms with Crippen LogP contribution in [0.1, 0.15) is 22.2 Å². The highest BCUT2D eigenvalue weighted by atomic mass is 32.1. The molecule has 1 amide bonds. The zero-order valence-electron chi connectivity index (χ0n) is 11.1. The Morgan fingerprint density at radius 3 is 3.05 bits per heavy atom. The predicted molar refractivity (Wildman–Crippen MR) is 79.2 cm³/mol. The van der Waals surface area contributed by atoms with E-state index in [0.29, 0.717) is 11.4 Å². The summed E-state index contributed by atoms with van der Waals surface area (Å²) in [4.78, 5) is 12.9. The monoisotopic (exact) mass is 286 g/mol. The molecule has 4 nitrogen and oxygen atoms in total. The number of benzene rings is 1. The van der Waals surface area contributed by atoms with Gasteiger partial charge >= 0.3 is 0 Å². The van der Waals surface area contributed by atoms with E-state index in [4.69, 9.17) is 10.00 Å². The van der Waals surface area contributed by atoms with Crippen molar-refractivity contribution in [3.05, 3.63) is 46.2 Å². The Labute approximate surface area is 121 Å². The highest BCUT2D eigenvalue weighted by Gasteiger charge is 2.12. The van der Waals surface area contributed by atoms with Crippen molar-refractivity contribution in [3.63, 3.8) is 0 Å². The molecule has 5 heteroatoms. The molecule has 0 aliphatic rings. The van der Waals surface area contributed by atoms with Gasteiger partial charge in [0.15, 0.2) is 6.61 Å². The van der Waals surface area contributed by atoms with Crippen molar-refractivity contribution in [1.29, 1.82) is 5.26 Å². The molecule has 0 aliphatic heterocycles. The number of ether oxygens (including phenoxy) is 1. The Balaban J connectivity index is 2.10. The molecule has 0 aliphatic carbocycles. The van der Waals surface area contributed by atoms with Gasteiger partial charge < -0.3 is 10.1 Å². The zero-order valence-corrected chi connectivity index (χ0v) is 11.9. The Kier molecular flexibility index (Phi) is 4.75. The fraction of sp³-hybridized carbons (Fsp3) is 0.200. The molecule has 0 radical (unpaired) electrons. The van der Waals surface area contributed by atoms with Crippen LogP contribution in [0.2, 0.25) is 0 Å². The van der Waals surface area contributed by atoms with Gasteiger partial charge in [0.2, 0.25) is 0 Å². The summed E-state index contributed by atoms with van der Waals surface area (Å²) in [5, 5.41) is 13.2. The Morgan fingerprint density at radius 1 is 1.45 bits per heavy atom. The quantitative estimate of drug-likeness (QED) is 0.915. The molecule has 0 bridgehead atoms. The first-order valence-electron chi connectivity index (χ1n) is 6.22. The van der Waals surface area contributed by atoms with Crippen molar-refractivity contribution in [2.24, 2.45) is 0 Å². The molecule has 0 saturated carbocycles. The molecular weight excluding hydrogens is 272 g/mol. The lowest BCUT2D eigenvalue weighted by molar-refractivity contribution is 0.103. The number of nitriles is 1. The van der Waals surface area contributed by atoms with Crippen LogP contribution in [-0.2, 0) is 6.42 Å². The minimum atomic E-state index is -0.116. The number of carbonyl (C=O) groups excluding carboxylic acids is 1. The van der Waals surface area contributed by atoms with Gasteiger partial charge in [0, 0.05) is 11.8 Å². The van der Waals surface area contributed by atoms with Crippen LogP contribution in [0.5, 0.6) is 5.75 Å². The first-order valence-corrected chi connectivity index (χ1v) is 7.10. The number of amides is 1. The minimum Gasteiger partial charge on any atom is -0.479 e. The van der Waals surface area contributed by atoms with Crippen LogP contribution in [0.15, 0.2) is 35.7 Å². The van der Waals surface area contributed by atoms with E-state index in [1.54, 1.807) is 24.3 Å². The van der Waals surface area contributed by atoms with E-state index >= 15 is 0 Å². The highest BCUT2D eigenvalue weighted by Crippen LogP contribution is 2.21. The lowest BCUT2D eigenvalue weighted by atomic mass is 10.2. The maximum atomic E-state index is 12.2. The van der Waals surface area contributed by atoms with Gasteiger partial charge in [-0.25, -0.2) is 0 Å². The number of thiophene rings is 1. The third-order valence-corrected chi connectivity index (χ3v) is 3.68. The molecule has 102 valence electrons. The van der Waals surface area contributed by atoms with Gasteiger partial charge in [-0.3, -0.25) is 4.79 Å². The fourth-order valence-electron chi connectivity index (χ4n) is 1.78. The molecule has 0 unspecified atom stereocenters. The number of nitrogens with one attached hydrogen (secondary N) is 1. The van der Waals surface area contributed by atoms with Crippen LogP contribution in [-0.4, -0.2) is 12.5 Å². The lowest BCUT2D eigenvalue weighted by Gasteiger charge is -2.07. The van der Waals surface area contributed by atoms with Crippen molar-refractivity contribution in [2.45, 2.75) is 13.3 Å². The van der Waals surface area contributed by atoms with Crippen LogP contribution in [0.4, 0.5) is 5.69 Å². The number of hydrogen-bond donors (Lipinski definition) is 1. The molecule has 0 fully saturated rings. The summed E-state index contributed by atoms with van der Waals surface area (Å²) in [6, 6.07) is 10.9. The molecule has 20 heavy (non-hydrogen) atoms. The minimum absolute atomic E-state index is 0.0116. The smallest absolute Gasteiger partial charge is 0.266 e. The van der Waals surface area contributed by atoms with Crippen molar-refractivity contribution in [2.75, 3.05) is 11.9 Å². The van der Waals surface area contributed by atoms with Gasteiger partial charge in [0.1, 0.15) is 11.8 Å². The summed E-state index contributed by atoms with van der Waals surface area (Å²) in [7, 11) is 0. The van der Waals surface area contributed by atoms with E-state index < -0.39 is 0 Å². The molecule has 0 atom stereocenters. The van der Waals surface area contributed by atoms with E-state index in [1.807, 2.05) is 24.4 Å². The molecule has 1 aromatic heterocycles. The second-order valence-electron chi connectivity index (χ2n) is 4.06. The van der Waals surface area contributed by atoms with E-state index in [2.05, 4.69) is 5.32 Å². The molecule has 0 saturated heterocycles. The van der Waals surface area contributed by atoms with Crippen LogP contribution < -0.4 is 10.1 Å². The van der Waals surface area contributed by atoms with Crippen molar-refractivity contribution >= 4 is 22.9 Å². The first kappa shape index (κ1) is 14.1. The highest BCUT2D eigenvalue weighted by molar-refractivity contribution is 7.12. The van der Waals surface area contributed by atoms with E-state index in [9.17, 15) is 4.79 Å². The topological polar surface area (TPSA) is 62.1 Å². The SMILES string of the molecule is CCc1ccsc1C(=O)Nc1cccc(OCC#N)c1. The van der Waals surface area contributed by atoms with Gasteiger partial charge in [0.25, 0.3) is 5.91 Å². The van der Waals surface area contributed by atoms with E-state index in [1.165, 1.54) is 11.3 Å². The maximum absolute atomic E-state index is 12.2. The third kappa shape index (κ3) is 3.37. The summed E-state index contributed by atoms with van der Waals surface area (Å²) in [5.74, 6) is 0.445. The third-order valence-electron chi connectivity index (χ3n) is 2.73. The lowest BCUT2D eigenvalue weighted by Crippen LogP contribution is -2.12. The molecule has 2 aromatic rings. The van der Waals surface area contributed by atoms with Crippen molar-refractivity contribution in [3.8, 4) is 11.8 Å². The summed E-state index contributed by atoms with van der Waals surface area (Å²) >= 11 is 1.43. The van der Waals surface area contributed by atoms with E-state index in [-0.39, 0.29) is 12.5 Å². The molecular formula is C15H14N2O2S. The molecule has 2 rings (SSSR count). The van der Waals surface area contributed by atoms with Crippen LogP contribution in [0, 0.1) is 11.3 Å². The van der Waals surface area contributed by atoms with Gasteiger partial charge in [-0.1, -0.05) is 13.0 Å². The van der Waals surface area contributed by atoms with Gasteiger partial charge in [-0.05, 0) is 35.6 Å². The predicted octanol–water partition coefficient (Wildman–Crippen LogP) is 3.47. The molecule has 0 spiro atoms. The van der Waals surface area contributed by atoms with Crippen LogP contribution in [0.25, 0.3) is 0 Å². The normalized spacial score (nSPS) is 9.80. The summed E-state index contributed by atoms with van der Waals surface area (Å²) in [5.41, 5.74) is 1.70. The second kappa shape index (κ2) is 6.73. The molecule has 1 N–H and O–H groups in total. The zero-order chi connectivity index (χ0) is 14.4. The van der Waals surface area contributed by atoms with Crippen molar-refractivity contribution in [1.82, 2.24) is 0 Å². The number of rotatable bonds is 5. The number of hydrogen-bond acceptors (Lipinski definition) is 4. The largest absolute Gasteiger partial charge is 0.479 e. The van der Waals surface area contributed by atoms with Gasteiger partial charge in [0.05, 0.1) is 4.88 Å². The molecule has 1 aromatic carbocycles. The number of aryl methyl sites for hydroxylation is 1. The van der Waals surface area contributed by atoms with Gasteiger partial charge in [-0.2, -0.15) is 5.26 Å². The standard InChI is InChI=1S/C15H14N2O2S/c1-2-11-6-9-20-14(11)15(18)17-12-4-3-5-13(10-12)19-8-7-16/h3-6,9-10H,2,8H2,1H3,(H,17,18). The fourth-order valence-corrected chi connectivity index (χ4v) is 2.67. The average Bonchev–Trinajstić information content (AvgIpc) is 2.94. The second-order valence-corrected chi connectivity index (χ2v) is 4.97. The van der Waals surface area contributed by atoms with Crippen LogP contribution in [0.3, 0.4) is 0 Å². The van der Waals surface area contributed by atoms with E-state index in [0.717, 1.165) is 16.9 Å². The summed E-state index contributed by atoms with van der Waals surface area (Å²) < 4.78 is 5.20. The van der Waals surface area contributed by atoms with Crippen LogP contribution >= 0.6 is 11.3 Å². The van der Waals surface area contributed by atoms with Gasteiger partial charge in [-0.15, -0.1) is 11.3 Å². The maximum Gasteiger partial charge on any atom is 0.266 e. The molecule has 1 heterocycles. The number of carbonyl (C=O) groups is 1.